The van der Waals surface area contributed by atoms with E-state index >= 15 is 0 Å². The van der Waals surface area contributed by atoms with Crippen molar-refractivity contribution < 1.29 is 14.3 Å². The van der Waals surface area contributed by atoms with E-state index in [1.54, 1.807) is 31.3 Å². The first kappa shape index (κ1) is 21.4. The van der Waals surface area contributed by atoms with Gasteiger partial charge in [0.25, 0.3) is 0 Å². The molecular formula is C20H29N5O3. The zero-order valence-electron chi connectivity index (χ0n) is 16.9. The van der Waals surface area contributed by atoms with Crippen molar-refractivity contribution in [1.82, 2.24) is 15.6 Å². The van der Waals surface area contributed by atoms with Gasteiger partial charge in [0.15, 0.2) is 5.96 Å². The molecular weight excluding hydrogens is 358 g/mol. The molecule has 8 heteroatoms. The van der Waals surface area contributed by atoms with Gasteiger partial charge in [-0.25, -0.2) is 9.98 Å². The number of aliphatic hydroxyl groups is 1. The van der Waals surface area contributed by atoms with Crippen molar-refractivity contribution in [3.63, 3.8) is 0 Å². The summed E-state index contributed by atoms with van der Waals surface area (Å²) in [6.45, 7) is 8.54. The van der Waals surface area contributed by atoms with Crippen LogP contribution in [0, 0.1) is 13.8 Å². The Labute approximate surface area is 165 Å². The fourth-order valence-electron chi connectivity index (χ4n) is 2.42. The molecule has 2 rings (SSSR count). The molecule has 1 atom stereocenters. The molecule has 0 saturated carbocycles. The van der Waals surface area contributed by atoms with Crippen LogP contribution in [-0.2, 0) is 10.4 Å². The molecule has 2 aromatic heterocycles. The first-order valence-corrected chi connectivity index (χ1v) is 9.34. The van der Waals surface area contributed by atoms with E-state index in [-0.39, 0.29) is 18.9 Å². The maximum atomic E-state index is 12.0. The van der Waals surface area contributed by atoms with Crippen LogP contribution in [-0.4, -0.2) is 41.6 Å². The smallest absolute Gasteiger partial charge is 0.227 e. The number of nitrogens with zero attached hydrogens (tertiary/aromatic N) is 2. The lowest BCUT2D eigenvalue weighted by Gasteiger charge is -2.19. The van der Waals surface area contributed by atoms with Crippen molar-refractivity contribution in [2.75, 3.05) is 25.0 Å². The van der Waals surface area contributed by atoms with E-state index in [9.17, 15) is 9.90 Å². The van der Waals surface area contributed by atoms with Crippen LogP contribution in [0.1, 0.15) is 37.4 Å². The largest absolute Gasteiger partial charge is 0.463 e. The van der Waals surface area contributed by atoms with Gasteiger partial charge in [-0.15, -0.1) is 0 Å². The van der Waals surface area contributed by atoms with E-state index in [1.807, 2.05) is 26.8 Å². The normalized spacial score (nSPS) is 13.7. The molecule has 0 aliphatic rings. The monoisotopic (exact) mass is 387 g/mol. The molecule has 0 radical (unpaired) electrons. The predicted octanol–water partition coefficient (Wildman–Crippen LogP) is 2.08. The Bertz CT molecular complexity index is 796. The van der Waals surface area contributed by atoms with E-state index in [2.05, 4.69) is 25.9 Å². The van der Waals surface area contributed by atoms with E-state index in [4.69, 9.17) is 4.42 Å². The molecule has 152 valence electrons. The highest BCUT2D eigenvalue weighted by atomic mass is 16.4. The van der Waals surface area contributed by atoms with Crippen LogP contribution in [0.25, 0.3) is 0 Å². The molecule has 0 bridgehead atoms. The van der Waals surface area contributed by atoms with Crippen LogP contribution in [0.15, 0.2) is 39.9 Å². The summed E-state index contributed by atoms with van der Waals surface area (Å²) in [5.74, 6) is 2.11. The topological polar surface area (TPSA) is 112 Å². The van der Waals surface area contributed by atoms with Crippen molar-refractivity contribution in [1.29, 1.82) is 0 Å². The molecule has 2 aromatic rings. The van der Waals surface area contributed by atoms with E-state index in [0.29, 0.717) is 30.6 Å². The first-order valence-electron chi connectivity index (χ1n) is 9.34. The second-order valence-electron chi connectivity index (χ2n) is 6.83. The van der Waals surface area contributed by atoms with Crippen LogP contribution in [0.4, 0.5) is 5.82 Å². The van der Waals surface area contributed by atoms with Crippen molar-refractivity contribution in [3.05, 3.63) is 47.5 Å². The summed E-state index contributed by atoms with van der Waals surface area (Å²) in [6.07, 6.45) is 1.96. The molecule has 1 amide bonds. The fraction of sp³-hybridized carbons (Fsp3) is 0.450. The molecule has 0 aromatic carbocycles. The molecule has 8 nitrogen and oxygen atoms in total. The van der Waals surface area contributed by atoms with Gasteiger partial charge in [0, 0.05) is 25.7 Å². The average molecular weight is 387 g/mol. The Morgan fingerprint density at radius 1 is 1.25 bits per heavy atom. The van der Waals surface area contributed by atoms with Gasteiger partial charge in [0.2, 0.25) is 5.91 Å². The maximum absolute atomic E-state index is 12.0. The van der Waals surface area contributed by atoms with Gasteiger partial charge >= 0.3 is 0 Å². The van der Waals surface area contributed by atoms with Crippen LogP contribution in [0.5, 0.6) is 0 Å². The van der Waals surface area contributed by atoms with E-state index in [1.165, 1.54) is 0 Å². The number of nitrogens with one attached hydrogen (secondary N) is 3. The second kappa shape index (κ2) is 9.89. The lowest BCUT2D eigenvalue weighted by atomic mass is 10.0. The summed E-state index contributed by atoms with van der Waals surface area (Å²) in [4.78, 5) is 20.6. The number of carbonyl (C=O) groups excluding carboxylic acids is 1. The fourth-order valence-corrected chi connectivity index (χ4v) is 2.42. The number of aromatic nitrogens is 1. The quantitative estimate of drug-likeness (QED) is 0.408. The molecule has 0 aliphatic heterocycles. The third-order valence-corrected chi connectivity index (χ3v) is 3.98. The van der Waals surface area contributed by atoms with Gasteiger partial charge in [0.05, 0.1) is 6.54 Å². The Hall–Kier alpha value is -2.87. The van der Waals surface area contributed by atoms with Gasteiger partial charge in [-0.3, -0.25) is 4.79 Å². The van der Waals surface area contributed by atoms with Gasteiger partial charge in [0.1, 0.15) is 22.9 Å². The number of pyridine rings is 1. The minimum Gasteiger partial charge on any atom is -0.463 e. The number of aryl methyl sites for hydroxylation is 2. The Kier molecular flexibility index (Phi) is 7.57. The standard InChI is InChI=1S/C20H29N5O3/c1-5-21-19(24-13-20(4,27)16-8-7-15(3)28-16)22-11-10-18(26)25-17-9-6-14(2)12-23-17/h6-9,12,27H,5,10-11,13H2,1-4H3,(H2,21,22,24)(H,23,25,26). The summed E-state index contributed by atoms with van der Waals surface area (Å²) < 4.78 is 5.50. The van der Waals surface area contributed by atoms with E-state index < -0.39 is 5.60 Å². The van der Waals surface area contributed by atoms with Crippen LogP contribution >= 0.6 is 0 Å². The second-order valence-corrected chi connectivity index (χ2v) is 6.83. The summed E-state index contributed by atoms with van der Waals surface area (Å²) in [5, 5.41) is 19.5. The van der Waals surface area contributed by atoms with Crippen LogP contribution < -0.4 is 16.0 Å². The number of rotatable bonds is 8. The van der Waals surface area contributed by atoms with Crippen molar-refractivity contribution in [2.24, 2.45) is 4.99 Å². The van der Waals surface area contributed by atoms with Crippen molar-refractivity contribution in [3.8, 4) is 0 Å². The third-order valence-electron chi connectivity index (χ3n) is 3.98. The average Bonchev–Trinajstić information content (AvgIpc) is 3.09. The number of carbonyl (C=O) groups is 1. The number of hydrogen-bond acceptors (Lipinski definition) is 5. The molecule has 28 heavy (non-hydrogen) atoms. The molecule has 0 aliphatic carbocycles. The van der Waals surface area contributed by atoms with Crippen LogP contribution in [0.3, 0.4) is 0 Å². The third kappa shape index (κ3) is 6.70. The maximum Gasteiger partial charge on any atom is 0.227 e. The zero-order chi connectivity index (χ0) is 20.6. The zero-order valence-corrected chi connectivity index (χ0v) is 16.9. The van der Waals surface area contributed by atoms with E-state index in [0.717, 1.165) is 11.3 Å². The Balaban J connectivity index is 1.85. The van der Waals surface area contributed by atoms with Crippen molar-refractivity contribution in [2.45, 2.75) is 39.7 Å². The number of furan rings is 1. The molecule has 2 heterocycles. The highest BCUT2D eigenvalue weighted by Crippen LogP contribution is 2.23. The van der Waals surface area contributed by atoms with Gasteiger partial charge in [-0.05, 0) is 51.5 Å². The van der Waals surface area contributed by atoms with Crippen LogP contribution in [0.2, 0.25) is 0 Å². The van der Waals surface area contributed by atoms with Gasteiger partial charge in [-0.2, -0.15) is 0 Å². The first-order chi connectivity index (χ1) is 13.3. The lowest BCUT2D eigenvalue weighted by Crippen LogP contribution is -2.40. The van der Waals surface area contributed by atoms with Gasteiger partial charge in [-0.1, -0.05) is 6.07 Å². The summed E-state index contributed by atoms with van der Waals surface area (Å²) in [5.41, 5.74) is -0.183. The summed E-state index contributed by atoms with van der Waals surface area (Å²) in [6, 6.07) is 7.21. The summed E-state index contributed by atoms with van der Waals surface area (Å²) in [7, 11) is 0. The number of aliphatic imine (C=N–C) groups is 1. The minimum atomic E-state index is -1.22. The SMILES string of the molecule is CCNC(=NCC(C)(O)c1ccc(C)o1)NCCC(=O)Nc1ccc(C)cn1. The molecule has 0 spiro atoms. The summed E-state index contributed by atoms with van der Waals surface area (Å²) >= 11 is 0. The molecule has 0 fully saturated rings. The lowest BCUT2D eigenvalue weighted by molar-refractivity contribution is -0.116. The minimum absolute atomic E-state index is 0.120. The number of anilines is 1. The highest BCUT2D eigenvalue weighted by molar-refractivity contribution is 5.90. The predicted molar refractivity (Wildman–Crippen MR) is 109 cm³/mol. The number of guanidine groups is 1. The van der Waals surface area contributed by atoms with Gasteiger partial charge < -0.3 is 25.5 Å². The molecule has 0 saturated heterocycles. The number of hydrogen-bond donors (Lipinski definition) is 4. The van der Waals surface area contributed by atoms with Crippen molar-refractivity contribution >= 4 is 17.7 Å². The highest BCUT2D eigenvalue weighted by Gasteiger charge is 2.26. The Morgan fingerprint density at radius 2 is 2.04 bits per heavy atom. The number of amides is 1. The Morgan fingerprint density at radius 3 is 2.64 bits per heavy atom. The molecule has 4 N–H and O–H groups in total. The molecule has 1 unspecified atom stereocenters.